The third kappa shape index (κ3) is 1.60. The van der Waals surface area contributed by atoms with E-state index in [-0.39, 0.29) is 0 Å². The van der Waals surface area contributed by atoms with Crippen molar-refractivity contribution in [2.75, 3.05) is 0 Å². The second-order valence-electron chi connectivity index (χ2n) is 3.36. The van der Waals surface area contributed by atoms with Crippen molar-refractivity contribution in [1.82, 2.24) is 9.55 Å². The fraction of sp³-hybridized carbons (Fsp3) is 0.182. The highest BCUT2D eigenvalue weighted by atomic mass is 79.9. The molecule has 0 spiro atoms. The van der Waals surface area contributed by atoms with Gasteiger partial charge in [0, 0.05) is 12.4 Å². The van der Waals surface area contributed by atoms with Gasteiger partial charge in [-0.25, -0.2) is 4.98 Å². The Morgan fingerprint density at radius 2 is 2.07 bits per heavy atom. The molecule has 0 bridgehead atoms. The van der Waals surface area contributed by atoms with Gasteiger partial charge in [0.2, 0.25) is 0 Å². The van der Waals surface area contributed by atoms with Crippen LogP contribution in [0, 0.1) is 13.8 Å². The minimum Gasteiger partial charge on any atom is -0.294 e. The van der Waals surface area contributed by atoms with E-state index >= 15 is 0 Å². The monoisotopic (exact) mass is 250 g/mol. The largest absolute Gasteiger partial charge is 0.294 e. The minimum atomic E-state index is 0.839. The molecule has 2 nitrogen and oxygen atoms in total. The van der Waals surface area contributed by atoms with Crippen LogP contribution in [0.2, 0.25) is 0 Å². The summed E-state index contributed by atoms with van der Waals surface area (Å²) in [6.07, 6.45) is 3.73. The molecule has 0 aliphatic rings. The standard InChI is InChI=1S/C11H11BrN2/c1-8-3-4-9(2)10(7-8)14-6-5-13-11(14)12/h3-7H,1-2H3. The van der Waals surface area contributed by atoms with Crippen molar-refractivity contribution in [2.45, 2.75) is 13.8 Å². The molecule has 2 aromatic rings. The lowest BCUT2D eigenvalue weighted by molar-refractivity contribution is 0.997. The molecular formula is C11H11BrN2. The molecule has 0 aliphatic carbocycles. The quantitative estimate of drug-likeness (QED) is 0.760. The van der Waals surface area contributed by atoms with Crippen LogP contribution in [0.3, 0.4) is 0 Å². The normalized spacial score (nSPS) is 10.5. The maximum atomic E-state index is 4.14. The zero-order chi connectivity index (χ0) is 10.1. The molecule has 1 aromatic heterocycles. The van der Waals surface area contributed by atoms with E-state index in [4.69, 9.17) is 0 Å². The molecule has 72 valence electrons. The predicted octanol–water partition coefficient (Wildman–Crippen LogP) is 3.25. The highest BCUT2D eigenvalue weighted by Crippen LogP contribution is 2.19. The van der Waals surface area contributed by atoms with Crippen molar-refractivity contribution in [3.8, 4) is 5.69 Å². The number of benzene rings is 1. The molecule has 14 heavy (non-hydrogen) atoms. The van der Waals surface area contributed by atoms with E-state index in [1.54, 1.807) is 6.20 Å². The lowest BCUT2D eigenvalue weighted by Gasteiger charge is -2.08. The maximum absolute atomic E-state index is 4.14. The number of hydrogen-bond acceptors (Lipinski definition) is 1. The van der Waals surface area contributed by atoms with E-state index in [1.807, 2.05) is 10.8 Å². The third-order valence-corrected chi connectivity index (χ3v) is 2.81. The van der Waals surface area contributed by atoms with E-state index < -0.39 is 0 Å². The molecule has 2 rings (SSSR count). The second kappa shape index (κ2) is 3.58. The number of aryl methyl sites for hydroxylation is 2. The summed E-state index contributed by atoms with van der Waals surface area (Å²) in [4.78, 5) is 4.14. The number of rotatable bonds is 1. The molecule has 0 radical (unpaired) electrons. The minimum absolute atomic E-state index is 0.839. The molecule has 0 fully saturated rings. The number of nitrogens with zero attached hydrogens (tertiary/aromatic N) is 2. The highest BCUT2D eigenvalue weighted by molar-refractivity contribution is 9.10. The Morgan fingerprint density at radius 1 is 1.29 bits per heavy atom. The smallest absolute Gasteiger partial charge is 0.181 e. The summed E-state index contributed by atoms with van der Waals surface area (Å²) in [6, 6.07) is 6.39. The van der Waals surface area contributed by atoms with Gasteiger partial charge in [-0.15, -0.1) is 0 Å². The molecule has 0 N–H and O–H groups in total. The first-order valence-electron chi connectivity index (χ1n) is 4.45. The van der Waals surface area contributed by atoms with Crippen molar-refractivity contribution < 1.29 is 0 Å². The lowest BCUT2D eigenvalue weighted by atomic mass is 10.1. The Morgan fingerprint density at radius 3 is 2.71 bits per heavy atom. The molecular weight excluding hydrogens is 240 g/mol. The van der Waals surface area contributed by atoms with Crippen LogP contribution < -0.4 is 0 Å². The molecule has 0 atom stereocenters. The Balaban J connectivity index is 2.62. The average Bonchev–Trinajstić information content (AvgIpc) is 2.56. The van der Waals surface area contributed by atoms with E-state index in [2.05, 4.69) is 53.0 Å². The van der Waals surface area contributed by atoms with Gasteiger partial charge in [0.15, 0.2) is 4.73 Å². The van der Waals surface area contributed by atoms with Gasteiger partial charge in [-0.05, 0) is 47.0 Å². The zero-order valence-corrected chi connectivity index (χ0v) is 9.75. The SMILES string of the molecule is Cc1ccc(C)c(-n2ccnc2Br)c1. The second-order valence-corrected chi connectivity index (χ2v) is 4.07. The summed E-state index contributed by atoms with van der Waals surface area (Å²) < 4.78 is 2.87. The summed E-state index contributed by atoms with van der Waals surface area (Å²) in [5.41, 5.74) is 3.68. The molecule has 0 aliphatic heterocycles. The summed E-state index contributed by atoms with van der Waals surface area (Å²) in [6.45, 7) is 4.19. The Bertz CT molecular complexity index is 460. The van der Waals surface area contributed by atoms with Crippen molar-refractivity contribution in [2.24, 2.45) is 0 Å². The van der Waals surface area contributed by atoms with Crippen molar-refractivity contribution >= 4 is 15.9 Å². The topological polar surface area (TPSA) is 17.8 Å². The number of imidazole rings is 1. The van der Waals surface area contributed by atoms with Gasteiger partial charge < -0.3 is 0 Å². The van der Waals surface area contributed by atoms with Crippen LogP contribution in [0.1, 0.15) is 11.1 Å². The Labute approximate surface area is 91.7 Å². The number of aromatic nitrogens is 2. The van der Waals surface area contributed by atoms with Crippen molar-refractivity contribution in [3.63, 3.8) is 0 Å². The predicted molar refractivity (Wildman–Crippen MR) is 60.7 cm³/mol. The lowest BCUT2D eigenvalue weighted by Crippen LogP contribution is -1.96. The van der Waals surface area contributed by atoms with Gasteiger partial charge in [-0.1, -0.05) is 12.1 Å². The van der Waals surface area contributed by atoms with E-state index in [0.717, 1.165) is 4.73 Å². The Hall–Kier alpha value is -1.09. The first-order chi connectivity index (χ1) is 6.68. The van der Waals surface area contributed by atoms with E-state index in [0.29, 0.717) is 0 Å². The van der Waals surface area contributed by atoms with Crippen LogP contribution in [0.4, 0.5) is 0 Å². The van der Waals surface area contributed by atoms with Gasteiger partial charge in [0.25, 0.3) is 0 Å². The zero-order valence-electron chi connectivity index (χ0n) is 8.16. The van der Waals surface area contributed by atoms with Gasteiger partial charge in [0.05, 0.1) is 5.69 Å². The summed E-state index contributed by atoms with van der Waals surface area (Å²) in [7, 11) is 0. The molecule has 0 unspecified atom stereocenters. The molecule has 1 heterocycles. The third-order valence-electron chi connectivity index (χ3n) is 2.22. The maximum Gasteiger partial charge on any atom is 0.181 e. The summed E-state index contributed by atoms with van der Waals surface area (Å²) >= 11 is 3.41. The van der Waals surface area contributed by atoms with Gasteiger partial charge in [-0.3, -0.25) is 4.57 Å². The highest BCUT2D eigenvalue weighted by Gasteiger charge is 2.04. The van der Waals surface area contributed by atoms with Crippen LogP contribution in [0.25, 0.3) is 5.69 Å². The first-order valence-corrected chi connectivity index (χ1v) is 5.24. The van der Waals surface area contributed by atoms with Crippen LogP contribution in [-0.2, 0) is 0 Å². The fourth-order valence-corrected chi connectivity index (χ4v) is 1.87. The molecule has 3 heteroatoms. The van der Waals surface area contributed by atoms with Gasteiger partial charge in [0.1, 0.15) is 0 Å². The summed E-state index contributed by atoms with van der Waals surface area (Å²) in [5, 5.41) is 0. The van der Waals surface area contributed by atoms with E-state index in [9.17, 15) is 0 Å². The fourth-order valence-electron chi connectivity index (χ4n) is 1.44. The van der Waals surface area contributed by atoms with Crippen LogP contribution in [-0.4, -0.2) is 9.55 Å². The van der Waals surface area contributed by atoms with Crippen LogP contribution in [0.5, 0.6) is 0 Å². The van der Waals surface area contributed by atoms with Crippen molar-refractivity contribution in [1.29, 1.82) is 0 Å². The first kappa shape index (κ1) is 9.46. The summed E-state index contributed by atoms with van der Waals surface area (Å²) in [5.74, 6) is 0. The molecule has 0 amide bonds. The Kier molecular flexibility index (Phi) is 2.42. The molecule has 0 saturated carbocycles. The number of halogens is 1. The van der Waals surface area contributed by atoms with Crippen LogP contribution >= 0.6 is 15.9 Å². The van der Waals surface area contributed by atoms with Crippen LogP contribution in [0.15, 0.2) is 35.3 Å². The van der Waals surface area contributed by atoms with Gasteiger partial charge >= 0.3 is 0 Å². The average molecular weight is 251 g/mol. The van der Waals surface area contributed by atoms with Crippen molar-refractivity contribution in [3.05, 3.63) is 46.5 Å². The molecule has 0 saturated heterocycles. The van der Waals surface area contributed by atoms with E-state index in [1.165, 1.54) is 16.8 Å². The molecule has 1 aromatic carbocycles. The number of hydrogen-bond donors (Lipinski definition) is 0. The van der Waals surface area contributed by atoms with Gasteiger partial charge in [-0.2, -0.15) is 0 Å².